The molecule has 3 nitrogen and oxygen atoms in total. The number of hydrogen-bond acceptors (Lipinski definition) is 1. The Morgan fingerprint density at radius 3 is 2.79 bits per heavy atom. The highest BCUT2D eigenvalue weighted by atomic mass is 16.1. The number of Topliss-reactive ketones (excluding diaryl/α,β-unsaturated/α-hetero) is 1. The minimum absolute atomic E-state index is 0.191. The maximum absolute atomic E-state index is 10.9. The summed E-state index contributed by atoms with van der Waals surface area (Å²) < 4.78 is 4.05. The third-order valence-corrected chi connectivity index (χ3v) is 2.12. The van der Waals surface area contributed by atoms with Crippen molar-refractivity contribution in [2.24, 2.45) is 5.92 Å². The monoisotopic (exact) mass is 195 g/mol. The summed E-state index contributed by atoms with van der Waals surface area (Å²) in [5.74, 6) is 0.912. The Labute approximate surface area is 85.4 Å². The number of aryl methyl sites for hydroxylation is 1. The average molecular weight is 195 g/mol. The molecule has 1 rings (SSSR count). The van der Waals surface area contributed by atoms with Gasteiger partial charge in [0.05, 0.1) is 6.54 Å². The molecule has 1 aromatic heterocycles. The van der Waals surface area contributed by atoms with Crippen LogP contribution in [0.5, 0.6) is 0 Å². The van der Waals surface area contributed by atoms with Gasteiger partial charge in [-0.1, -0.05) is 13.8 Å². The van der Waals surface area contributed by atoms with Crippen LogP contribution in [0.2, 0.25) is 0 Å². The van der Waals surface area contributed by atoms with E-state index < -0.39 is 0 Å². The standard InChI is InChI=1S/C11H19N2O/c1-10(2)4-5-12-6-7-13(9-12)8-11(3)14/h6-7,9-10H,4-5,8H2,1-3H3/q+1. The van der Waals surface area contributed by atoms with Gasteiger partial charge >= 0.3 is 0 Å². The van der Waals surface area contributed by atoms with Gasteiger partial charge < -0.3 is 0 Å². The van der Waals surface area contributed by atoms with Crippen molar-refractivity contribution in [3.63, 3.8) is 0 Å². The van der Waals surface area contributed by atoms with E-state index in [0.717, 1.165) is 12.5 Å². The summed E-state index contributed by atoms with van der Waals surface area (Å²) in [5, 5.41) is 0. The zero-order valence-electron chi connectivity index (χ0n) is 9.23. The van der Waals surface area contributed by atoms with Gasteiger partial charge in [0.1, 0.15) is 18.9 Å². The largest absolute Gasteiger partial charge is 0.296 e. The van der Waals surface area contributed by atoms with Crippen LogP contribution < -0.4 is 4.57 Å². The number of hydrogen-bond donors (Lipinski definition) is 0. The van der Waals surface area contributed by atoms with Crippen LogP contribution in [0.1, 0.15) is 27.2 Å². The lowest BCUT2D eigenvalue weighted by Crippen LogP contribution is -2.31. The molecule has 0 spiro atoms. The minimum atomic E-state index is 0.191. The zero-order valence-corrected chi connectivity index (χ0v) is 9.23. The Kier molecular flexibility index (Phi) is 3.86. The summed E-state index contributed by atoms with van der Waals surface area (Å²) in [6.45, 7) is 7.55. The molecule has 0 unspecified atom stereocenters. The first-order valence-corrected chi connectivity index (χ1v) is 5.12. The van der Waals surface area contributed by atoms with E-state index in [0.29, 0.717) is 6.54 Å². The molecular weight excluding hydrogens is 176 g/mol. The molecule has 0 saturated heterocycles. The number of rotatable bonds is 5. The van der Waals surface area contributed by atoms with E-state index in [4.69, 9.17) is 0 Å². The number of carbonyl (C=O) groups excluding carboxylic acids is 1. The van der Waals surface area contributed by atoms with Crippen molar-refractivity contribution >= 4 is 5.78 Å². The molecule has 78 valence electrons. The van der Waals surface area contributed by atoms with E-state index in [2.05, 4.69) is 18.4 Å². The molecule has 0 aromatic carbocycles. The Morgan fingerprint density at radius 1 is 1.50 bits per heavy atom. The van der Waals surface area contributed by atoms with Gasteiger partial charge in [-0.3, -0.25) is 4.79 Å². The summed E-state index contributed by atoms with van der Waals surface area (Å²) in [5.41, 5.74) is 0. The lowest BCUT2D eigenvalue weighted by molar-refractivity contribution is -0.697. The van der Waals surface area contributed by atoms with Crippen molar-refractivity contribution in [3.8, 4) is 0 Å². The molecule has 0 fully saturated rings. The number of imidazole rings is 1. The predicted molar refractivity (Wildman–Crippen MR) is 54.8 cm³/mol. The third-order valence-electron chi connectivity index (χ3n) is 2.12. The van der Waals surface area contributed by atoms with E-state index >= 15 is 0 Å². The van der Waals surface area contributed by atoms with E-state index in [1.807, 2.05) is 23.3 Å². The Morgan fingerprint density at radius 2 is 2.21 bits per heavy atom. The highest BCUT2D eigenvalue weighted by Gasteiger charge is 2.05. The third kappa shape index (κ3) is 3.73. The van der Waals surface area contributed by atoms with Crippen LogP contribution in [0.3, 0.4) is 0 Å². The number of carbonyl (C=O) groups is 1. The van der Waals surface area contributed by atoms with Crippen molar-refractivity contribution in [3.05, 3.63) is 18.7 Å². The lowest BCUT2D eigenvalue weighted by Gasteiger charge is -2.00. The van der Waals surface area contributed by atoms with Crippen molar-refractivity contribution in [2.45, 2.75) is 40.3 Å². The minimum Gasteiger partial charge on any atom is -0.296 e. The molecule has 0 radical (unpaired) electrons. The van der Waals surface area contributed by atoms with Crippen LogP contribution in [-0.4, -0.2) is 10.4 Å². The fourth-order valence-electron chi connectivity index (χ4n) is 1.33. The Balaban J connectivity index is 2.46. The smallest absolute Gasteiger partial charge is 0.244 e. The van der Waals surface area contributed by atoms with Crippen molar-refractivity contribution in [1.82, 2.24) is 4.57 Å². The number of ketones is 1. The zero-order chi connectivity index (χ0) is 10.6. The van der Waals surface area contributed by atoms with E-state index in [9.17, 15) is 4.79 Å². The molecule has 1 aromatic rings. The fourth-order valence-corrected chi connectivity index (χ4v) is 1.33. The quantitative estimate of drug-likeness (QED) is 0.652. The molecule has 1 heterocycles. The molecule has 0 N–H and O–H groups in total. The Bertz CT molecular complexity index is 302. The second kappa shape index (κ2) is 4.94. The van der Waals surface area contributed by atoms with Gasteiger partial charge in [-0.15, -0.1) is 0 Å². The van der Waals surface area contributed by atoms with Gasteiger partial charge in [0.15, 0.2) is 5.78 Å². The summed E-state index contributed by atoms with van der Waals surface area (Å²) in [6, 6.07) is 0. The summed E-state index contributed by atoms with van der Waals surface area (Å²) in [7, 11) is 0. The van der Waals surface area contributed by atoms with Crippen molar-refractivity contribution in [2.75, 3.05) is 0 Å². The second-order valence-electron chi connectivity index (χ2n) is 4.21. The fraction of sp³-hybridized carbons (Fsp3) is 0.636. The average Bonchev–Trinajstić information content (AvgIpc) is 2.47. The molecular formula is C11H19N2O+. The first-order valence-electron chi connectivity index (χ1n) is 5.12. The molecule has 0 saturated carbocycles. The highest BCUT2D eigenvalue weighted by molar-refractivity contribution is 5.75. The number of nitrogens with zero attached hydrogens (tertiary/aromatic N) is 2. The highest BCUT2D eigenvalue weighted by Crippen LogP contribution is 1.98. The molecule has 3 heteroatoms. The first kappa shape index (κ1) is 11.0. The Hall–Kier alpha value is -1.12. The van der Waals surface area contributed by atoms with Crippen LogP contribution >= 0.6 is 0 Å². The normalized spacial score (nSPS) is 10.9. The summed E-state index contributed by atoms with van der Waals surface area (Å²) in [4.78, 5) is 10.9. The van der Waals surface area contributed by atoms with Crippen LogP contribution in [0.4, 0.5) is 0 Å². The van der Waals surface area contributed by atoms with Crippen molar-refractivity contribution < 1.29 is 9.36 Å². The van der Waals surface area contributed by atoms with Gasteiger partial charge in [0.25, 0.3) is 0 Å². The summed E-state index contributed by atoms with van der Waals surface area (Å²) >= 11 is 0. The summed E-state index contributed by atoms with van der Waals surface area (Å²) in [6.07, 6.45) is 7.13. The molecule has 0 bridgehead atoms. The first-order chi connectivity index (χ1) is 6.58. The maximum Gasteiger partial charge on any atom is 0.244 e. The van der Waals surface area contributed by atoms with Crippen molar-refractivity contribution in [1.29, 1.82) is 0 Å². The molecule has 0 aliphatic carbocycles. The van der Waals surface area contributed by atoms with E-state index in [1.54, 1.807) is 6.92 Å². The van der Waals surface area contributed by atoms with Gasteiger partial charge in [0.2, 0.25) is 6.33 Å². The van der Waals surface area contributed by atoms with Gasteiger partial charge in [-0.05, 0) is 19.3 Å². The molecule has 0 amide bonds. The SMILES string of the molecule is CC(=O)Cn1cc[n+](CCC(C)C)c1. The van der Waals surface area contributed by atoms with Crippen LogP contribution in [0.15, 0.2) is 18.7 Å². The van der Waals surface area contributed by atoms with E-state index in [-0.39, 0.29) is 5.78 Å². The lowest BCUT2D eigenvalue weighted by atomic mass is 10.1. The van der Waals surface area contributed by atoms with Gasteiger partial charge in [-0.25, -0.2) is 9.13 Å². The predicted octanol–water partition coefficient (Wildman–Crippen LogP) is 1.41. The van der Waals surface area contributed by atoms with E-state index in [1.165, 1.54) is 6.42 Å². The molecule has 0 aliphatic heterocycles. The maximum atomic E-state index is 10.9. The number of aromatic nitrogens is 2. The van der Waals surface area contributed by atoms with Crippen LogP contribution in [0, 0.1) is 5.92 Å². The molecule has 0 atom stereocenters. The van der Waals surface area contributed by atoms with Gasteiger partial charge in [-0.2, -0.15) is 0 Å². The van der Waals surface area contributed by atoms with Crippen LogP contribution in [0.25, 0.3) is 0 Å². The molecule has 14 heavy (non-hydrogen) atoms. The topological polar surface area (TPSA) is 25.9 Å². The van der Waals surface area contributed by atoms with Gasteiger partial charge in [0, 0.05) is 0 Å². The second-order valence-corrected chi connectivity index (χ2v) is 4.21. The van der Waals surface area contributed by atoms with Crippen LogP contribution in [-0.2, 0) is 17.9 Å². The molecule has 0 aliphatic rings.